The van der Waals surface area contributed by atoms with Crippen LogP contribution in [0.4, 0.5) is 0 Å². The molecule has 0 radical (unpaired) electrons. The van der Waals surface area contributed by atoms with Gasteiger partial charge in [-0.25, -0.2) is 0 Å². The second-order valence-corrected chi connectivity index (χ2v) is 5.70. The van der Waals surface area contributed by atoms with Crippen LogP contribution < -0.4 is 4.74 Å². The lowest BCUT2D eigenvalue weighted by atomic mass is 10.0. The number of aliphatic hydroxyl groups excluding tert-OH is 1. The highest BCUT2D eigenvalue weighted by Gasteiger charge is 2.40. The van der Waals surface area contributed by atoms with Gasteiger partial charge in [-0.05, 0) is 38.0 Å². The molecule has 0 saturated carbocycles. The van der Waals surface area contributed by atoms with Gasteiger partial charge in [-0.1, -0.05) is 12.1 Å². The number of aliphatic hydroxyl groups is 1. The van der Waals surface area contributed by atoms with Gasteiger partial charge in [0.1, 0.15) is 5.75 Å². The highest BCUT2D eigenvalue weighted by molar-refractivity contribution is 5.80. The zero-order valence-electron chi connectivity index (χ0n) is 11.7. The van der Waals surface area contributed by atoms with E-state index in [9.17, 15) is 9.90 Å². The van der Waals surface area contributed by atoms with Gasteiger partial charge in [0.05, 0.1) is 19.6 Å². The Kier molecular flexibility index (Phi) is 3.80. The SMILES string of the molecule is COc1cccc(CC(=O)N2CC(O)CC2(C)C)c1. The van der Waals surface area contributed by atoms with Crippen molar-refractivity contribution < 1.29 is 14.6 Å². The highest BCUT2D eigenvalue weighted by Crippen LogP contribution is 2.29. The van der Waals surface area contributed by atoms with E-state index in [0.29, 0.717) is 19.4 Å². The molecule has 1 aliphatic heterocycles. The summed E-state index contributed by atoms with van der Waals surface area (Å²) in [6.07, 6.45) is 0.564. The minimum absolute atomic E-state index is 0.0507. The van der Waals surface area contributed by atoms with Crippen LogP contribution in [0.1, 0.15) is 25.8 Å². The molecule has 1 heterocycles. The summed E-state index contributed by atoms with van der Waals surface area (Å²) < 4.78 is 5.15. The molecule has 19 heavy (non-hydrogen) atoms. The summed E-state index contributed by atoms with van der Waals surface area (Å²) in [6.45, 7) is 4.41. The lowest BCUT2D eigenvalue weighted by molar-refractivity contribution is -0.133. The first-order valence-corrected chi connectivity index (χ1v) is 6.54. The topological polar surface area (TPSA) is 49.8 Å². The maximum absolute atomic E-state index is 12.3. The van der Waals surface area contributed by atoms with Gasteiger partial charge in [0.15, 0.2) is 0 Å². The van der Waals surface area contributed by atoms with E-state index in [4.69, 9.17) is 4.74 Å². The van der Waals surface area contributed by atoms with Gasteiger partial charge in [-0.2, -0.15) is 0 Å². The molecule has 0 spiro atoms. The summed E-state index contributed by atoms with van der Waals surface area (Å²) in [7, 11) is 1.61. The van der Waals surface area contributed by atoms with Crippen LogP contribution in [-0.2, 0) is 11.2 Å². The summed E-state index contributed by atoms with van der Waals surface area (Å²) in [5.41, 5.74) is 0.663. The van der Waals surface area contributed by atoms with Crippen LogP contribution in [0.2, 0.25) is 0 Å². The summed E-state index contributed by atoms with van der Waals surface area (Å²) in [5.74, 6) is 0.806. The summed E-state index contributed by atoms with van der Waals surface area (Å²) in [6, 6.07) is 7.53. The fourth-order valence-electron chi connectivity index (χ4n) is 2.70. The van der Waals surface area contributed by atoms with Crippen molar-refractivity contribution in [1.29, 1.82) is 0 Å². The lowest BCUT2D eigenvalue weighted by Crippen LogP contribution is -2.43. The average Bonchev–Trinajstić information content (AvgIpc) is 2.62. The van der Waals surface area contributed by atoms with E-state index < -0.39 is 6.10 Å². The summed E-state index contributed by atoms with van der Waals surface area (Å²) >= 11 is 0. The molecular weight excluding hydrogens is 242 g/mol. The third kappa shape index (κ3) is 3.07. The van der Waals surface area contributed by atoms with Crippen LogP contribution in [0.15, 0.2) is 24.3 Å². The van der Waals surface area contributed by atoms with E-state index in [1.54, 1.807) is 12.0 Å². The van der Waals surface area contributed by atoms with E-state index in [1.165, 1.54) is 0 Å². The van der Waals surface area contributed by atoms with Crippen LogP contribution >= 0.6 is 0 Å². The quantitative estimate of drug-likeness (QED) is 0.901. The predicted octanol–water partition coefficient (Wildman–Crippen LogP) is 1.61. The number of benzene rings is 1. The largest absolute Gasteiger partial charge is 0.497 e. The third-order valence-corrected chi connectivity index (χ3v) is 3.65. The maximum atomic E-state index is 12.3. The Hall–Kier alpha value is -1.55. The number of ether oxygens (including phenoxy) is 1. The molecule has 1 unspecified atom stereocenters. The molecule has 4 nitrogen and oxygen atoms in total. The summed E-state index contributed by atoms with van der Waals surface area (Å²) in [5, 5.41) is 9.72. The number of β-amino-alcohol motifs (C(OH)–C–C–N with tert-alkyl or cyclic N) is 1. The highest BCUT2D eigenvalue weighted by atomic mass is 16.5. The van der Waals surface area contributed by atoms with Crippen molar-refractivity contribution >= 4 is 5.91 Å². The lowest BCUT2D eigenvalue weighted by Gasteiger charge is -2.31. The van der Waals surface area contributed by atoms with Crippen molar-refractivity contribution in [2.24, 2.45) is 0 Å². The molecule has 0 bridgehead atoms. The molecule has 104 valence electrons. The van der Waals surface area contributed by atoms with Crippen LogP contribution in [0.5, 0.6) is 5.75 Å². The first kappa shape index (κ1) is 13.9. The van der Waals surface area contributed by atoms with Gasteiger partial charge in [-0.15, -0.1) is 0 Å². The number of carbonyl (C=O) groups excluding carboxylic acids is 1. The molecule has 2 rings (SSSR count). The number of carbonyl (C=O) groups is 1. The van der Waals surface area contributed by atoms with Gasteiger partial charge in [-0.3, -0.25) is 4.79 Å². The molecule has 4 heteroatoms. The van der Waals surface area contributed by atoms with E-state index in [0.717, 1.165) is 11.3 Å². The average molecular weight is 263 g/mol. The van der Waals surface area contributed by atoms with Crippen molar-refractivity contribution in [3.05, 3.63) is 29.8 Å². The van der Waals surface area contributed by atoms with Crippen molar-refractivity contribution in [1.82, 2.24) is 4.90 Å². The van der Waals surface area contributed by atoms with E-state index in [2.05, 4.69) is 0 Å². The monoisotopic (exact) mass is 263 g/mol. The van der Waals surface area contributed by atoms with E-state index >= 15 is 0 Å². The number of methoxy groups -OCH3 is 1. The number of hydrogen-bond acceptors (Lipinski definition) is 3. The maximum Gasteiger partial charge on any atom is 0.227 e. The van der Waals surface area contributed by atoms with Crippen molar-refractivity contribution in [3.8, 4) is 5.75 Å². The third-order valence-electron chi connectivity index (χ3n) is 3.65. The molecule has 1 aromatic rings. The van der Waals surface area contributed by atoms with Crippen LogP contribution in [0, 0.1) is 0 Å². The number of hydrogen-bond donors (Lipinski definition) is 1. The summed E-state index contributed by atoms with van der Waals surface area (Å²) in [4.78, 5) is 14.1. The van der Waals surface area contributed by atoms with Gasteiger partial charge >= 0.3 is 0 Å². The molecule has 1 fully saturated rings. The first-order valence-electron chi connectivity index (χ1n) is 6.54. The fourth-order valence-corrected chi connectivity index (χ4v) is 2.70. The zero-order valence-corrected chi connectivity index (χ0v) is 11.7. The molecule has 1 amide bonds. The van der Waals surface area contributed by atoms with Gasteiger partial charge in [0.2, 0.25) is 5.91 Å². The predicted molar refractivity (Wildman–Crippen MR) is 73.1 cm³/mol. The van der Waals surface area contributed by atoms with Crippen LogP contribution in [0.25, 0.3) is 0 Å². The number of nitrogens with zero attached hydrogens (tertiary/aromatic N) is 1. The second kappa shape index (κ2) is 5.21. The molecular formula is C15H21NO3. The van der Waals surface area contributed by atoms with Crippen LogP contribution in [0.3, 0.4) is 0 Å². The Balaban J connectivity index is 2.08. The molecule has 1 aliphatic rings. The number of likely N-dealkylation sites (tertiary alicyclic amines) is 1. The van der Waals surface area contributed by atoms with Gasteiger partial charge < -0.3 is 14.7 Å². The van der Waals surface area contributed by atoms with Crippen molar-refractivity contribution in [2.75, 3.05) is 13.7 Å². The molecule has 1 atom stereocenters. The molecule has 1 aromatic carbocycles. The standard InChI is InChI=1S/C15H21NO3/c1-15(2)9-12(17)10-16(15)14(18)8-11-5-4-6-13(7-11)19-3/h4-7,12,17H,8-10H2,1-3H3. The number of amides is 1. The van der Waals surface area contributed by atoms with Crippen molar-refractivity contribution in [3.63, 3.8) is 0 Å². The van der Waals surface area contributed by atoms with E-state index in [-0.39, 0.29) is 11.4 Å². The molecule has 0 aromatic heterocycles. The molecule has 1 N–H and O–H groups in total. The van der Waals surface area contributed by atoms with Crippen molar-refractivity contribution in [2.45, 2.75) is 38.3 Å². The minimum atomic E-state index is -0.413. The Morgan fingerprint density at radius 2 is 2.26 bits per heavy atom. The van der Waals surface area contributed by atoms with Gasteiger partial charge in [0, 0.05) is 12.1 Å². The normalized spacial score (nSPS) is 21.5. The second-order valence-electron chi connectivity index (χ2n) is 5.70. The minimum Gasteiger partial charge on any atom is -0.497 e. The fraction of sp³-hybridized carbons (Fsp3) is 0.533. The Bertz CT molecular complexity index is 470. The Morgan fingerprint density at radius 1 is 1.53 bits per heavy atom. The first-order chi connectivity index (χ1) is 8.92. The van der Waals surface area contributed by atoms with Gasteiger partial charge in [0.25, 0.3) is 0 Å². The van der Waals surface area contributed by atoms with E-state index in [1.807, 2.05) is 38.1 Å². The zero-order chi connectivity index (χ0) is 14.0. The molecule has 0 aliphatic carbocycles. The number of rotatable bonds is 3. The van der Waals surface area contributed by atoms with Crippen LogP contribution in [-0.4, -0.2) is 41.2 Å². The Morgan fingerprint density at radius 3 is 2.84 bits per heavy atom. The smallest absolute Gasteiger partial charge is 0.227 e. The Labute approximate surface area is 114 Å². The molecule has 1 saturated heterocycles.